The fourth-order valence-corrected chi connectivity index (χ4v) is 22.7. The zero-order valence-corrected chi connectivity index (χ0v) is 47.2. The average molecular weight is 1080 g/mol. The molecule has 25 atom stereocenters. The summed E-state index contributed by atoms with van der Waals surface area (Å²) in [6.07, 6.45) is 4.61. The molecular weight excluding hydrogens is 989 g/mol. The van der Waals surface area contributed by atoms with Crippen molar-refractivity contribution in [1.82, 2.24) is 0 Å². The van der Waals surface area contributed by atoms with Crippen molar-refractivity contribution in [3.05, 3.63) is 0 Å². The van der Waals surface area contributed by atoms with E-state index in [1.165, 1.54) is 0 Å². The van der Waals surface area contributed by atoms with Crippen molar-refractivity contribution in [1.29, 1.82) is 0 Å². The first-order valence-electron chi connectivity index (χ1n) is 25.3. The molecule has 10 bridgehead atoms. The SMILES string of the molecule is COC1C[C@@H]2C[S+]([O-])C[C@H]3CC(OC)[C@H](CC3OC)C[S+]([O-])C[C@@H]3CC(OC)[C@@H](CC3OC)C[S+]([O-])[C@H]3CC(OC)[C@H](CC3OC)C[S+]([O-])C[C@H]3CC(OC)[C@H](CC3OC)C[S+]([O-])C[C@H]1CC2OC. The summed E-state index contributed by atoms with van der Waals surface area (Å²) >= 11 is -6.03. The lowest BCUT2D eigenvalue weighted by atomic mass is 9.79. The van der Waals surface area contributed by atoms with Crippen LogP contribution in [0.5, 0.6) is 0 Å². The van der Waals surface area contributed by atoms with Gasteiger partial charge in [0.1, 0.15) is 63.1 Å². The first-order valence-corrected chi connectivity index (χ1v) is 32.6. The lowest BCUT2D eigenvalue weighted by Crippen LogP contribution is -2.52. The van der Waals surface area contributed by atoms with E-state index in [0.717, 1.165) is 0 Å². The molecule has 8 saturated heterocycles. The monoisotopic (exact) mass is 1080 g/mol. The van der Waals surface area contributed by atoms with Crippen LogP contribution in [-0.4, -0.2) is 212 Å². The molecule has 69 heavy (non-hydrogen) atoms. The van der Waals surface area contributed by atoms with Gasteiger partial charge in [0.15, 0.2) is 0 Å². The molecule has 15 nitrogen and oxygen atoms in total. The summed E-state index contributed by atoms with van der Waals surface area (Å²) in [7, 11) is 17.0. The second-order valence-electron chi connectivity index (χ2n) is 21.1. The van der Waals surface area contributed by atoms with E-state index in [1.54, 1.807) is 71.1 Å². The van der Waals surface area contributed by atoms with E-state index in [9.17, 15) is 22.8 Å². The highest BCUT2D eigenvalue weighted by molar-refractivity contribution is 7.92. The van der Waals surface area contributed by atoms with Crippen molar-refractivity contribution < 1.29 is 70.1 Å². The van der Waals surface area contributed by atoms with Crippen molar-refractivity contribution in [2.45, 2.75) is 130 Å². The third-order valence-electron chi connectivity index (χ3n) is 17.4. The van der Waals surface area contributed by atoms with E-state index >= 15 is 0 Å². The van der Waals surface area contributed by atoms with Crippen LogP contribution in [0.25, 0.3) is 0 Å². The molecule has 15 unspecified atom stereocenters. The van der Waals surface area contributed by atoms with Gasteiger partial charge in [0, 0.05) is 131 Å². The first-order chi connectivity index (χ1) is 33.2. The molecule has 0 N–H and O–H groups in total. The van der Waals surface area contributed by atoms with E-state index in [2.05, 4.69) is 0 Å². The van der Waals surface area contributed by atoms with Crippen LogP contribution in [-0.2, 0) is 103 Å². The van der Waals surface area contributed by atoms with E-state index in [0.29, 0.717) is 116 Å². The van der Waals surface area contributed by atoms with Gasteiger partial charge in [0.05, 0.1) is 54.9 Å². The lowest BCUT2D eigenvalue weighted by molar-refractivity contribution is -0.0588. The maximum atomic E-state index is 14.5. The van der Waals surface area contributed by atoms with Gasteiger partial charge in [-0.15, -0.1) is 0 Å². The van der Waals surface area contributed by atoms with Gasteiger partial charge in [-0.3, -0.25) is 0 Å². The molecule has 13 fully saturated rings. The molecule has 8 aliphatic heterocycles. The normalized spacial score (nSPS) is 48.1. The van der Waals surface area contributed by atoms with Crippen LogP contribution >= 0.6 is 0 Å². The predicted octanol–water partition coefficient (Wildman–Crippen LogP) is 3.78. The van der Waals surface area contributed by atoms with Crippen molar-refractivity contribution >= 4 is 55.9 Å². The average Bonchev–Trinajstić information content (AvgIpc) is 3.34. The highest BCUT2D eigenvalue weighted by atomic mass is 32.2. The molecule has 13 rings (SSSR count). The fraction of sp³-hybridized carbons (Fsp3) is 1.00. The zero-order chi connectivity index (χ0) is 49.9. The standard InChI is InChI=1S/C49H88O15S5/c1-55-39-12-31-22-66(51)24-33-15-44(60-6)35(16-43(33)59-5)26-68(53)28-37-19-48(64-10)49(20-47(37)63-9)69(54)29-38-18-45(61-7)36(17-46(38)62-8)27-67(52)25-34-14-41(57-3)32(13-42(34)58-4)23-65(50)21-30(39)11-40(31)56-2/h30-49H,11-29H2,1-10H3/t30-,31-,32-,33-,34-,35-,36+,37-,38+,39?,40?,41?,42?,43?,44?,45?,46?,47?,48?,49+,65?,66?,67?,68?,69?/m1/s1. The van der Waals surface area contributed by atoms with Crippen molar-refractivity contribution in [3.63, 3.8) is 0 Å². The van der Waals surface area contributed by atoms with Crippen molar-refractivity contribution in [2.75, 3.05) is 123 Å². The number of rotatable bonds is 10. The Balaban J connectivity index is 1.22. The van der Waals surface area contributed by atoms with Crippen molar-refractivity contribution in [3.8, 4) is 0 Å². The summed E-state index contributed by atoms with van der Waals surface area (Å²) in [6.45, 7) is 0. The Kier molecular flexibility index (Phi) is 25.0. The van der Waals surface area contributed by atoms with Crippen LogP contribution in [0.3, 0.4) is 0 Å². The van der Waals surface area contributed by atoms with Crippen LogP contribution in [0, 0.1) is 53.3 Å². The summed E-state index contributed by atoms with van der Waals surface area (Å²) < 4.78 is 132. The Labute approximate surface area is 430 Å². The highest BCUT2D eigenvalue weighted by Crippen LogP contribution is 2.43. The molecular formula is C49H88O15S5. The molecule has 20 heteroatoms. The van der Waals surface area contributed by atoms with Gasteiger partial charge >= 0.3 is 0 Å². The molecule has 0 radical (unpaired) electrons. The van der Waals surface area contributed by atoms with Crippen LogP contribution in [0.15, 0.2) is 0 Å². The van der Waals surface area contributed by atoms with Gasteiger partial charge in [-0.1, -0.05) is 44.7 Å². The first kappa shape index (κ1) is 59.4. The summed E-state index contributed by atoms with van der Waals surface area (Å²) in [5.74, 6) is 4.04. The van der Waals surface area contributed by atoms with Gasteiger partial charge in [0.2, 0.25) is 0 Å². The molecule has 0 aromatic heterocycles. The number of hydrogen-bond acceptors (Lipinski definition) is 15. The van der Waals surface area contributed by atoms with Gasteiger partial charge in [-0.2, -0.15) is 0 Å². The fourth-order valence-electron chi connectivity index (χ4n) is 13.5. The summed E-state index contributed by atoms with van der Waals surface area (Å²) in [4.78, 5) is 0. The Morgan fingerprint density at radius 2 is 0.391 bits per heavy atom. The quantitative estimate of drug-likeness (QED) is 0.286. The third-order valence-corrected chi connectivity index (χ3v) is 25.7. The number of methoxy groups -OCH3 is 10. The molecule has 8 heterocycles. The van der Waals surface area contributed by atoms with Gasteiger partial charge < -0.3 is 70.1 Å². The van der Waals surface area contributed by atoms with E-state index in [1.807, 2.05) is 0 Å². The van der Waals surface area contributed by atoms with Gasteiger partial charge in [-0.05, 0) is 69.0 Å². The summed E-state index contributed by atoms with van der Waals surface area (Å²) in [5.41, 5.74) is 0. The Morgan fingerprint density at radius 3 is 0.580 bits per heavy atom. The highest BCUT2D eigenvalue weighted by Gasteiger charge is 2.50. The Hall–Kier alpha value is 1.15. The van der Waals surface area contributed by atoms with E-state index < -0.39 is 55.9 Å². The molecule has 404 valence electrons. The second-order valence-corrected chi connectivity index (χ2v) is 29.0. The zero-order valence-electron chi connectivity index (χ0n) is 43.1. The molecule has 0 aromatic carbocycles. The van der Waals surface area contributed by atoms with Crippen molar-refractivity contribution in [2.24, 2.45) is 53.3 Å². The number of ether oxygens (including phenoxy) is 10. The summed E-state index contributed by atoms with van der Waals surface area (Å²) in [5, 5.41) is -0.270. The molecule has 0 spiro atoms. The second kappa shape index (κ2) is 29.0. The van der Waals surface area contributed by atoms with Gasteiger partial charge in [0.25, 0.3) is 0 Å². The lowest BCUT2D eigenvalue weighted by Gasteiger charge is -2.44. The third kappa shape index (κ3) is 15.7. The van der Waals surface area contributed by atoms with E-state index in [4.69, 9.17) is 47.4 Å². The molecule has 13 aliphatic rings. The number of hydrogen-bond donors (Lipinski definition) is 0. The molecule has 5 aliphatic carbocycles. The Bertz CT molecular complexity index is 1470. The molecule has 0 amide bonds. The topological polar surface area (TPSA) is 208 Å². The minimum atomic E-state index is -1.28. The van der Waals surface area contributed by atoms with E-state index in [-0.39, 0.29) is 120 Å². The molecule has 0 aromatic rings. The Morgan fingerprint density at radius 1 is 0.232 bits per heavy atom. The smallest absolute Gasteiger partial charge is 0.144 e. The minimum absolute atomic E-state index is 0.00296. The van der Waals surface area contributed by atoms with Crippen LogP contribution in [0.2, 0.25) is 0 Å². The van der Waals surface area contributed by atoms with Crippen LogP contribution in [0.4, 0.5) is 0 Å². The number of fused-ring (bicyclic) bond motifs is 2. The molecule has 5 saturated carbocycles. The van der Waals surface area contributed by atoms with Crippen LogP contribution < -0.4 is 0 Å². The maximum absolute atomic E-state index is 14.5. The van der Waals surface area contributed by atoms with Gasteiger partial charge in [-0.25, -0.2) is 0 Å². The van der Waals surface area contributed by atoms with Crippen LogP contribution in [0.1, 0.15) is 64.2 Å². The largest absolute Gasteiger partial charge is 0.616 e. The predicted molar refractivity (Wildman–Crippen MR) is 274 cm³/mol. The minimum Gasteiger partial charge on any atom is -0.616 e. The summed E-state index contributed by atoms with van der Waals surface area (Å²) in [6, 6.07) is 0. The maximum Gasteiger partial charge on any atom is 0.144 e.